The predicted octanol–water partition coefficient (Wildman–Crippen LogP) is 0.0437. The summed E-state index contributed by atoms with van der Waals surface area (Å²) in [6.07, 6.45) is 2.55. The SMILES string of the molecule is Nc1cc[c-]nc1N.[W]. The second-order valence-corrected chi connectivity index (χ2v) is 1.41. The van der Waals surface area contributed by atoms with Crippen molar-refractivity contribution in [3.05, 3.63) is 18.3 Å². The van der Waals surface area contributed by atoms with Gasteiger partial charge in [0.1, 0.15) is 0 Å². The van der Waals surface area contributed by atoms with E-state index in [-0.39, 0.29) is 21.1 Å². The van der Waals surface area contributed by atoms with E-state index in [2.05, 4.69) is 11.2 Å². The standard InChI is InChI=1S/C5H6N3.W/c6-4-2-1-3-8-5(4)7;/h1-2H,6H2,(H2,7,8);/q-1;. The Bertz CT molecular complexity index is 168. The zero-order chi connectivity index (χ0) is 5.98. The molecule has 0 aromatic carbocycles. The van der Waals surface area contributed by atoms with Gasteiger partial charge in [0.25, 0.3) is 0 Å². The molecule has 0 unspecified atom stereocenters. The molecule has 0 fully saturated rings. The van der Waals surface area contributed by atoms with Crippen LogP contribution in [-0.4, -0.2) is 4.98 Å². The number of hydrogen-bond acceptors (Lipinski definition) is 3. The molecular weight excluding hydrogens is 286 g/mol. The minimum absolute atomic E-state index is 0. The van der Waals surface area contributed by atoms with Gasteiger partial charge in [-0.25, -0.2) is 0 Å². The van der Waals surface area contributed by atoms with Gasteiger partial charge >= 0.3 is 0 Å². The number of nitrogens with two attached hydrogens (primary N) is 2. The van der Waals surface area contributed by atoms with Crippen LogP contribution < -0.4 is 11.5 Å². The molecule has 0 bridgehead atoms. The number of aromatic nitrogens is 1. The molecular formula is C5H6N3W-. The van der Waals surface area contributed by atoms with Crippen LogP contribution in [0.1, 0.15) is 0 Å². The first-order chi connectivity index (χ1) is 3.80. The fourth-order valence-electron chi connectivity index (χ4n) is 0.384. The van der Waals surface area contributed by atoms with Crippen molar-refractivity contribution >= 4 is 11.5 Å². The molecule has 1 heterocycles. The van der Waals surface area contributed by atoms with E-state index in [1.807, 2.05) is 0 Å². The van der Waals surface area contributed by atoms with Crippen LogP contribution in [0, 0.1) is 6.20 Å². The summed E-state index contributed by atoms with van der Waals surface area (Å²) in [5.74, 6) is 0.340. The van der Waals surface area contributed by atoms with E-state index in [0.717, 1.165) is 0 Å². The third kappa shape index (κ3) is 2.02. The molecule has 9 heavy (non-hydrogen) atoms. The molecule has 0 aliphatic rings. The molecule has 0 spiro atoms. The summed E-state index contributed by atoms with van der Waals surface area (Å²) in [6, 6.07) is 3.27. The summed E-state index contributed by atoms with van der Waals surface area (Å²) < 4.78 is 0. The van der Waals surface area contributed by atoms with Crippen molar-refractivity contribution in [2.24, 2.45) is 0 Å². The van der Waals surface area contributed by atoms with Crippen molar-refractivity contribution in [3.63, 3.8) is 0 Å². The van der Waals surface area contributed by atoms with Crippen LogP contribution in [0.25, 0.3) is 0 Å². The molecule has 48 valence electrons. The molecule has 0 radical (unpaired) electrons. The van der Waals surface area contributed by atoms with Gasteiger partial charge < -0.3 is 16.5 Å². The van der Waals surface area contributed by atoms with Crippen LogP contribution in [0.2, 0.25) is 0 Å². The van der Waals surface area contributed by atoms with E-state index < -0.39 is 0 Å². The number of nitrogens with zero attached hydrogens (tertiary/aromatic N) is 1. The maximum atomic E-state index is 5.31. The average molecular weight is 292 g/mol. The van der Waals surface area contributed by atoms with E-state index in [4.69, 9.17) is 11.5 Å². The second-order valence-electron chi connectivity index (χ2n) is 1.41. The third-order valence-electron chi connectivity index (χ3n) is 0.818. The average Bonchev–Trinajstić information content (AvgIpc) is 1.77. The Morgan fingerprint density at radius 2 is 2.11 bits per heavy atom. The van der Waals surface area contributed by atoms with E-state index in [1.165, 1.54) is 0 Å². The third-order valence-corrected chi connectivity index (χ3v) is 0.818. The maximum absolute atomic E-state index is 5.31. The quantitative estimate of drug-likeness (QED) is 0.664. The second kappa shape index (κ2) is 3.46. The zero-order valence-electron chi connectivity index (χ0n) is 4.66. The molecule has 0 amide bonds. The molecule has 3 nitrogen and oxygen atoms in total. The van der Waals surface area contributed by atoms with E-state index in [9.17, 15) is 0 Å². The normalized spacial score (nSPS) is 8.00. The topological polar surface area (TPSA) is 64.9 Å². The Hall–Kier alpha value is -0.562. The molecule has 0 aliphatic carbocycles. The van der Waals surface area contributed by atoms with E-state index >= 15 is 0 Å². The van der Waals surface area contributed by atoms with Gasteiger partial charge in [-0.15, -0.1) is 6.07 Å². The fraction of sp³-hybridized carbons (Fsp3) is 0. The van der Waals surface area contributed by atoms with Crippen LogP contribution >= 0.6 is 0 Å². The summed E-state index contributed by atoms with van der Waals surface area (Å²) in [7, 11) is 0. The van der Waals surface area contributed by atoms with Crippen LogP contribution in [0.15, 0.2) is 12.1 Å². The monoisotopic (exact) mass is 292 g/mol. The van der Waals surface area contributed by atoms with Crippen molar-refractivity contribution in [3.8, 4) is 0 Å². The van der Waals surface area contributed by atoms with Crippen molar-refractivity contribution in [1.82, 2.24) is 4.98 Å². The first-order valence-corrected chi connectivity index (χ1v) is 2.19. The molecule has 1 aromatic heterocycles. The zero-order valence-corrected chi connectivity index (χ0v) is 7.60. The summed E-state index contributed by atoms with van der Waals surface area (Å²) in [5.41, 5.74) is 11.1. The smallest absolute Gasteiger partial charge is 0.0317 e. The first-order valence-electron chi connectivity index (χ1n) is 2.19. The number of hydrogen-bond donors (Lipinski definition) is 2. The van der Waals surface area contributed by atoms with Gasteiger partial charge in [0.15, 0.2) is 0 Å². The Kier molecular flexibility index (Phi) is 3.25. The van der Waals surface area contributed by atoms with Crippen molar-refractivity contribution in [2.45, 2.75) is 0 Å². The molecule has 4 heteroatoms. The molecule has 0 atom stereocenters. The Morgan fingerprint density at radius 1 is 1.44 bits per heavy atom. The van der Waals surface area contributed by atoms with Crippen molar-refractivity contribution in [1.29, 1.82) is 0 Å². The van der Waals surface area contributed by atoms with Crippen LogP contribution in [0.3, 0.4) is 0 Å². The van der Waals surface area contributed by atoms with Gasteiger partial charge in [-0.1, -0.05) is 6.20 Å². The summed E-state index contributed by atoms with van der Waals surface area (Å²) in [5, 5.41) is 0. The Morgan fingerprint density at radius 3 is 2.44 bits per heavy atom. The van der Waals surface area contributed by atoms with Crippen molar-refractivity contribution < 1.29 is 21.1 Å². The van der Waals surface area contributed by atoms with Gasteiger partial charge in [0.05, 0.1) is 0 Å². The molecule has 0 saturated carbocycles. The fourth-order valence-corrected chi connectivity index (χ4v) is 0.384. The van der Waals surface area contributed by atoms with Gasteiger partial charge in [-0.3, -0.25) is 0 Å². The molecule has 1 aromatic rings. The minimum atomic E-state index is 0. The van der Waals surface area contributed by atoms with Gasteiger partial charge in [-0.05, 0) is 5.69 Å². The molecule has 1 rings (SSSR count). The summed E-state index contributed by atoms with van der Waals surface area (Å²) in [4.78, 5) is 3.61. The van der Waals surface area contributed by atoms with Crippen LogP contribution in [0.4, 0.5) is 11.5 Å². The van der Waals surface area contributed by atoms with Gasteiger partial charge in [0.2, 0.25) is 0 Å². The number of nitrogen functional groups attached to an aromatic ring is 2. The van der Waals surface area contributed by atoms with Crippen molar-refractivity contribution in [2.75, 3.05) is 11.5 Å². The maximum Gasteiger partial charge on any atom is 0.0317 e. The Labute approximate surface area is 67.7 Å². The number of anilines is 2. The summed E-state index contributed by atoms with van der Waals surface area (Å²) >= 11 is 0. The Balaban J connectivity index is 0.000000640. The first kappa shape index (κ1) is 8.44. The minimum Gasteiger partial charge on any atom is -0.433 e. The van der Waals surface area contributed by atoms with Crippen LogP contribution in [0.5, 0.6) is 0 Å². The van der Waals surface area contributed by atoms with E-state index in [1.54, 1.807) is 12.1 Å². The van der Waals surface area contributed by atoms with E-state index in [0.29, 0.717) is 11.5 Å². The molecule has 0 aliphatic heterocycles. The number of pyridine rings is 1. The predicted molar refractivity (Wildman–Crippen MR) is 31.9 cm³/mol. The van der Waals surface area contributed by atoms with Crippen LogP contribution in [-0.2, 0) is 21.1 Å². The molecule has 4 N–H and O–H groups in total. The molecule has 0 saturated heterocycles. The largest absolute Gasteiger partial charge is 0.433 e. The number of rotatable bonds is 0. The van der Waals surface area contributed by atoms with Gasteiger partial charge in [-0.2, -0.15) is 6.07 Å². The summed E-state index contributed by atoms with van der Waals surface area (Å²) in [6.45, 7) is 0. The van der Waals surface area contributed by atoms with Gasteiger partial charge in [0, 0.05) is 26.9 Å².